The van der Waals surface area contributed by atoms with E-state index >= 15 is 0 Å². The van der Waals surface area contributed by atoms with Gasteiger partial charge in [-0.2, -0.15) is 0 Å². The van der Waals surface area contributed by atoms with Crippen molar-refractivity contribution in [3.05, 3.63) is 71.3 Å². The van der Waals surface area contributed by atoms with Crippen molar-refractivity contribution in [2.45, 2.75) is 37.2 Å². The molecule has 4 aromatic rings. The van der Waals surface area contributed by atoms with Gasteiger partial charge in [-0.05, 0) is 49.1 Å². The molecule has 146 valence electrons. The fourth-order valence-corrected chi connectivity index (χ4v) is 5.05. The summed E-state index contributed by atoms with van der Waals surface area (Å²) in [7, 11) is 0. The molecule has 3 heterocycles. The molecule has 29 heavy (non-hydrogen) atoms. The lowest BCUT2D eigenvalue weighted by Crippen LogP contribution is -2.40. The maximum Gasteiger partial charge on any atom is 0.236 e. The van der Waals surface area contributed by atoms with Gasteiger partial charge in [0.1, 0.15) is 0 Å². The Bertz CT molecular complexity index is 1230. The summed E-state index contributed by atoms with van der Waals surface area (Å²) in [6.45, 7) is 5.50. The summed E-state index contributed by atoms with van der Waals surface area (Å²) in [4.78, 5) is 15.1. The molecule has 1 aliphatic rings. The van der Waals surface area contributed by atoms with Crippen molar-refractivity contribution in [3.63, 3.8) is 0 Å². The maximum atomic E-state index is 13.1. The van der Waals surface area contributed by atoms with Crippen LogP contribution in [0.5, 0.6) is 0 Å². The van der Waals surface area contributed by atoms with E-state index in [1.54, 1.807) is 0 Å². The number of pyridine rings is 1. The van der Waals surface area contributed by atoms with E-state index in [0.29, 0.717) is 6.54 Å². The number of benzene rings is 2. The van der Waals surface area contributed by atoms with Crippen LogP contribution in [-0.4, -0.2) is 37.2 Å². The fraction of sp³-hybridized carbons (Fsp3) is 0.261. The third kappa shape index (κ3) is 3.17. The van der Waals surface area contributed by atoms with E-state index in [-0.39, 0.29) is 11.2 Å². The van der Waals surface area contributed by atoms with Crippen molar-refractivity contribution in [1.29, 1.82) is 0 Å². The Balaban J connectivity index is 1.43. The molecular formula is C23H22N4OS. The molecule has 0 radical (unpaired) electrons. The summed E-state index contributed by atoms with van der Waals surface area (Å²) in [5.41, 5.74) is 5.66. The highest BCUT2D eigenvalue weighted by molar-refractivity contribution is 8.00. The van der Waals surface area contributed by atoms with Gasteiger partial charge in [-0.15, -0.1) is 10.2 Å². The van der Waals surface area contributed by atoms with Crippen molar-refractivity contribution in [2.75, 3.05) is 6.54 Å². The molecule has 2 aromatic heterocycles. The minimum atomic E-state index is -0.229. The van der Waals surface area contributed by atoms with E-state index in [9.17, 15) is 4.79 Å². The van der Waals surface area contributed by atoms with E-state index < -0.39 is 0 Å². The van der Waals surface area contributed by atoms with Gasteiger partial charge in [0.2, 0.25) is 5.91 Å². The number of carbonyl (C=O) groups excluding carboxylic acids is 1. The zero-order chi connectivity index (χ0) is 20.0. The number of hydrogen-bond acceptors (Lipinski definition) is 4. The van der Waals surface area contributed by atoms with Gasteiger partial charge >= 0.3 is 0 Å². The fourth-order valence-electron chi connectivity index (χ4n) is 4.10. The first kappa shape index (κ1) is 18.2. The summed E-state index contributed by atoms with van der Waals surface area (Å²) in [6.07, 6.45) is 0.914. The Morgan fingerprint density at radius 1 is 1.07 bits per heavy atom. The molecule has 1 amide bonds. The lowest BCUT2D eigenvalue weighted by atomic mass is 10.00. The van der Waals surface area contributed by atoms with Crippen molar-refractivity contribution in [2.24, 2.45) is 0 Å². The first-order valence-electron chi connectivity index (χ1n) is 9.87. The predicted octanol–water partition coefficient (Wildman–Crippen LogP) is 4.26. The van der Waals surface area contributed by atoms with Crippen LogP contribution in [0.25, 0.3) is 16.6 Å². The van der Waals surface area contributed by atoms with Crippen molar-refractivity contribution in [3.8, 4) is 0 Å². The number of thioether (sulfide) groups is 1. The number of amides is 1. The lowest BCUT2D eigenvalue weighted by molar-refractivity contribution is -0.131. The standard InChI is InChI=1S/C23H22N4OS/c1-15-13-21-24-25-23(27(21)20-10-6-5-9-19(15)20)29-16(2)22(28)26-12-11-17-7-3-4-8-18(17)14-26/h3-10,13,16H,11-12,14H2,1-2H3. The van der Waals surface area contributed by atoms with Gasteiger partial charge in [0, 0.05) is 18.5 Å². The van der Waals surface area contributed by atoms with Gasteiger partial charge in [-0.25, -0.2) is 0 Å². The van der Waals surface area contributed by atoms with Crippen LogP contribution < -0.4 is 0 Å². The molecule has 1 aliphatic heterocycles. The number of hydrogen-bond donors (Lipinski definition) is 0. The largest absolute Gasteiger partial charge is 0.337 e. The molecule has 0 spiro atoms. The normalized spacial score (nSPS) is 14.9. The van der Waals surface area contributed by atoms with Gasteiger partial charge in [0.05, 0.1) is 10.8 Å². The van der Waals surface area contributed by atoms with Gasteiger partial charge in [0.15, 0.2) is 10.8 Å². The van der Waals surface area contributed by atoms with Gasteiger partial charge in [-0.1, -0.05) is 54.2 Å². The van der Waals surface area contributed by atoms with Crippen LogP contribution >= 0.6 is 11.8 Å². The van der Waals surface area contributed by atoms with Gasteiger partial charge in [-0.3, -0.25) is 9.20 Å². The highest BCUT2D eigenvalue weighted by Crippen LogP contribution is 2.29. The molecule has 0 N–H and O–H groups in total. The molecule has 6 heteroatoms. The van der Waals surface area contributed by atoms with Crippen LogP contribution in [-0.2, 0) is 17.8 Å². The lowest BCUT2D eigenvalue weighted by Gasteiger charge is -2.30. The summed E-state index contributed by atoms with van der Waals surface area (Å²) in [5, 5.41) is 10.5. The summed E-state index contributed by atoms with van der Waals surface area (Å²) in [5.74, 6) is 0.151. The average Bonchev–Trinajstić information content (AvgIpc) is 3.15. The Morgan fingerprint density at radius 3 is 2.69 bits per heavy atom. The Kier molecular flexibility index (Phi) is 4.51. The molecule has 0 saturated carbocycles. The zero-order valence-electron chi connectivity index (χ0n) is 16.5. The molecular weight excluding hydrogens is 380 g/mol. The van der Waals surface area contributed by atoms with Crippen LogP contribution in [0.1, 0.15) is 23.6 Å². The Hall–Kier alpha value is -2.86. The van der Waals surface area contributed by atoms with E-state index in [4.69, 9.17) is 0 Å². The highest BCUT2D eigenvalue weighted by atomic mass is 32.2. The molecule has 0 saturated heterocycles. The minimum Gasteiger partial charge on any atom is -0.337 e. The zero-order valence-corrected chi connectivity index (χ0v) is 17.3. The van der Waals surface area contributed by atoms with Crippen molar-refractivity contribution >= 4 is 34.2 Å². The molecule has 1 atom stereocenters. The smallest absolute Gasteiger partial charge is 0.236 e. The second-order valence-corrected chi connectivity index (χ2v) is 8.87. The third-order valence-corrected chi connectivity index (χ3v) is 6.68. The highest BCUT2D eigenvalue weighted by Gasteiger charge is 2.26. The van der Waals surface area contributed by atoms with Crippen molar-refractivity contribution < 1.29 is 4.79 Å². The number of carbonyl (C=O) groups is 1. The monoisotopic (exact) mass is 402 g/mol. The summed E-state index contributed by atoms with van der Waals surface area (Å²) >= 11 is 1.48. The van der Waals surface area contributed by atoms with Crippen molar-refractivity contribution in [1.82, 2.24) is 19.5 Å². The van der Waals surface area contributed by atoms with Gasteiger partial charge < -0.3 is 4.90 Å². The first-order valence-corrected chi connectivity index (χ1v) is 10.8. The Labute approximate surface area is 173 Å². The average molecular weight is 403 g/mol. The van der Waals surface area contributed by atoms with E-state index in [1.165, 1.54) is 33.8 Å². The maximum absolute atomic E-state index is 13.1. The SMILES string of the molecule is Cc1cc2nnc(SC(C)C(=O)N3CCc4ccccc4C3)n2c2ccccc12. The van der Waals surface area contributed by atoms with E-state index in [0.717, 1.165) is 29.3 Å². The summed E-state index contributed by atoms with van der Waals surface area (Å²) in [6, 6.07) is 18.7. The number of nitrogens with zero attached hydrogens (tertiary/aromatic N) is 4. The molecule has 5 nitrogen and oxygen atoms in total. The second kappa shape index (κ2) is 7.19. The topological polar surface area (TPSA) is 50.5 Å². The first-order chi connectivity index (χ1) is 14.1. The molecule has 5 rings (SSSR count). The van der Waals surface area contributed by atoms with Crippen LogP contribution in [0.4, 0.5) is 0 Å². The van der Waals surface area contributed by atoms with Crippen LogP contribution in [0.15, 0.2) is 59.8 Å². The number of para-hydroxylation sites is 1. The van der Waals surface area contributed by atoms with Crippen LogP contribution in [0, 0.1) is 6.92 Å². The van der Waals surface area contributed by atoms with Gasteiger partial charge in [0.25, 0.3) is 0 Å². The molecule has 0 aliphatic carbocycles. The Morgan fingerprint density at radius 2 is 1.83 bits per heavy atom. The number of rotatable bonds is 3. The van der Waals surface area contributed by atoms with Crippen LogP contribution in [0.3, 0.4) is 0 Å². The molecule has 1 unspecified atom stereocenters. The predicted molar refractivity (Wildman–Crippen MR) is 116 cm³/mol. The summed E-state index contributed by atoms with van der Waals surface area (Å²) < 4.78 is 2.06. The number of aromatic nitrogens is 3. The van der Waals surface area contributed by atoms with E-state index in [1.807, 2.05) is 36.1 Å². The molecule has 0 bridgehead atoms. The number of aryl methyl sites for hydroxylation is 1. The minimum absolute atomic E-state index is 0.151. The second-order valence-electron chi connectivity index (χ2n) is 7.56. The van der Waals surface area contributed by atoms with E-state index in [2.05, 4.69) is 51.9 Å². The quantitative estimate of drug-likeness (QED) is 0.481. The number of fused-ring (bicyclic) bond motifs is 4. The molecule has 0 fully saturated rings. The van der Waals surface area contributed by atoms with Crippen LogP contribution in [0.2, 0.25) is 0 Å². The molecule has 2 aromatic carbocycles. The third-order valence-electron chi connectivity index (χ3n) is 5.65.